The van der Waals surface area contributed by atoms with Crippen LogP contribution in [0.3, 0.4) is 0 Å². The van der Waals surface area contributed by atoms with Gasteiger partial charge in [0.2, 0.25) is 0 Å². The van der Waals surface area contributed by atoms with Gasteiger partial charge in [-0.25, -0.2) is 0 Å². The molecule has 1 aliphatic heterocycles. The number of ether oxygens (including phenoxy) is 2. The third-order valence-electron chi connectivity index (χ3n) is 4.63. The van der Waals surface area contributed by atoms with Crippen LogP contribution in [0, 0.1) is 0 Å². The molecule has 0 spiro atoms. The predicted molar refractivity (Wildman–Crippen MR) is 117 cm³/mol. The molecule has 0 atom stereocenters. The molecule has 4 rings (SSSR count). The van der Waals surface area contributed by atoms with Crippen molar-refractivity contribution >= 4 is 29.1 Å². The molecule has 2 heterocycles. The van der Waals surface area contributed by atoms with Gasteiger partial charge in [0, 0.05) is 23.6 Å². The van der Waals surface area contributed by atoms with Crippen LogP contribution >= 0.6 is 23.4 Å². The van der Waals surface area contributed by atoms with Gasteiger partial charge in [0.25, 0.3) is 0 Å². The molecule has 3 aromatic rings. The Morgan fingerprint density at radius 2 is 2.10 bits per heavy atom. The van der Waals surface area contributed by atoms with Crippen molar-refractivity contribution in [2.75, 3.05) is 12.4 Å². The molecule has 0 fully saturated rings. The lowest BCUT2D eigenvalue weighted by molar-refractivity contribution is 0.102. The lowest BCUT2D eigenvalue weighted by Crippen LogP contribution is -2.09. The van der Waals surface area contributed by atoms with Gasteiger partial charge in [0.05, 0.1) is 12.4 Å². The van der Waals surface area contributed by atoms with Crippen LogP contribution in [0.4, 0.5) is 0 Å². The molecule has 6 nitrogen and oxygen atoms in total. The number of benzene rings is 2. The molecule has 0 saturated carbocycles. The number of halogens is 1. The maximum atomic E-state index is 12.7. The summed E-state index contributed by atoms with van der Waals surface area (Å²) in [6, 6.07) is 12.7. The minimum absolute atomic E-state index is 0.0433. The first-order chi connectivity index (χ1) is 14.6. The number of hydrogen-bond acceptors (Lipinski definition) is 6. The molecule has 0 saturated heterocycles. The fourth-order valence-electron chi connectivity index (χ4n) is 3.10. The SMILES string of the molecule is C=CCn1c(COc2ccc(Cl)cc2)nnc1SCC(=O)c1ccc2c(c1)CCO2. The van der Waals surface area contributed by atoms with E-state index in [-0.39, 0.29) is 18.1 Å². The third-order valence-corrected chi connectivity index (χ3v) is 5.85. The first-order valence-corrected chi connectivity index (χ1v) is 10.8. The maximum Gasteiger partial charge on any atom is 0.192 e. The number of carbonyl (C=O) groups excluding carboxylic acids is 1. The molecule has 0 unspecified atom stereocenters. The first kappa shape index (κ1) is 20.5. The zero-order valence-electron chi connectivity index (χ0n) is 16.2. The number of hydrogen-bond donors (Lipinski definition) is 0. The molecule has 30 heavy (non-hydrogen) atoms. The molecule has 2 aromatic carbocycles. The van der Waals surface area contributed by atoms with Gasteiger partial charge in [-0.1, -0.05) is 29.4 Å². The fraction of sp³-hybridized carbons (Fsp3) is 0.227. The van der Waals surface area contributed by atoms with Crippen LogP contribution in [0.5, 0.6) is 11.5 Å². The van der Waals surface area contributed by atoms with Crippen LogP contribution in [0.25, 0.3) is 0 Å². The largest absolute Gasteiger partial charge is 0.493 e. The van der Waals surface area contributed by atoms with Gasteiger partial charge in [-0.15, -0.1) is 16.8 Å². The van der Waals surface area contributed by atoms with Crippen molar-refractivity contribution in [3.05, 3.63) is 77.1 Å². The highest BCUT2D eigenvalue weighted by molar-refractivity contribution is 7.99. The van der Waals surface area contributed by atoms with Gasteiger partial charge >= 0.3 is 0 Å². The first-order valence-electron chi connectivity index (χ1n) is 9.47. The van der Waals surface area contributed by atoms with Crippen molar-refractivity contribution in [1.82, 2.24) is 14.8 Å². The quantitative estimate of drug-likeness (QED) is 0.274. The van der Waals surface area contributed by atoms with E-state index in [4.69, 9.17) is 21.1 Å². The summed E-state index contributed by atoms with van der Waals surface area (Å²) in [7, 11) is 0. The smallest absolute Gasteiger partial charge is 0.192 e. The minimum Gasteiger partial charge on any atom is -0.493 e. The number of ketones is 1. The number of allylic oxidation sites excluding steroid dienone is 1. The van der Waals surface area contributed by atoms with Crippen LogP contribution in [-0.2, 0) is 19.6 Å². The lowest BCUT2D eigenvalue weighted by atomic mass is 10.1. The molecule has 154 valence electrons. The normalized spacial score (nSPS) is 12.3. The predicted octanol–water partition coefficient (Wildman–Crippen LogP) is 4.61. The second kappa shape index (κ2) is 9.36. The molecule has 1 aliphatic rings. The van der Waals surface area contributed by atoms with Crippen molar-refractivity contribution < 1.29 is 14.3 Å². The van der Waals surface area contributed by atoms with E-state index in [1.807, 2.05) is 22.8 Å². The number of thioether (sulfide) groups is 1. The summed E-state index contributed by atoms with van der Waals surface area (Å²) in [4.78, 5) is 12.7. The van der Waals surface area contributed by atoms with Crippen molar-refractivity contribution in [2.24, 2.45) is 0 Å². The Labute approximate surface area is 183 Å². The standard InChI is InChI=1S/C22H20ClN3O3S/c1-2-10-26-21(13-29-18-6-4-17(23)5-7-18)24-25-22(26)30-14-19(27)15-3-8-20-16(12-15)9-11-28-20/h2-8,12H,1,9-11,13-14H2. The van der Waals surface area contributed by atoms with Crippen LogP contribution in [-0.4, -0.2) is 32.9 Å². The number of aromatic nitrogens is 3. The third kappa shape index (κ3) is 4.68. The Kier molecular flexibility index (Phi) is 6.40. The van der Waals surface area contributed by atoms with E-state index in [2.05, 4.69) is 16.8 Å². The van der Waals surface area contributed by atoms with E-state index in [9.17, 15) is 4.79 Å². The van der Waals surface area contributed by atoms with E-state index in [1.54, 1.807) is 30.3 Å². The van der Waals surface area contributed by atoms with Gasteiger partial charge in [-0.2, -0.15) is 0 Å². The Balaban J connectivity index is 1.41. The monoisotopic (exact) mass is 441 g/mol. The van der Waals surface area contributed by atoms with Gasteiger partial charge in [-0.3, -0.25) is 9.36 Å². The number of nitrogens with zero attached hydrogens (tertiary/aromatic N) is 3. The Hall–Kier alpha value is -2.77. The zero-order chi connectivity index (χ0) is 20.9. The number of rotatable bonds is 9. The van der Waals surface area contributed by atoms with Gasteiger partial charge in [-0.05, 0) is 48.0 Å². The van der Waals surface area contributed by atoms with Crippen molar-refractivity contribution in [1.29, 1.82) is 0 Å². The Bertz CT molecular complexity index is 1070. The molecule has 0 N–H and O–H groups in total. The van der Waals surface area contributed by atoms with E-state index in [0.717, 1.165) is 17.7 Å². The van der Waals surface area contributed by atoms with Crippen molar-refractivity contribution in [3.63, 3.8) is 0 Å². The molecule has 0 amide bonds. The second-order valence-corrected chi connectivity index (χ2v) is 8.05. The summed E-state index contributed by atoms with van der Waals surface area (Å²) in [5, 5.41) is 9.77. The van der Waals surface area contributed by atoms with Crippen LogP contribution < -0.4 is 9.47 Å². The highest BCUT2D eigenvalue weighted by Gasteiger charge is 2.17. The summed E-state index contributed by atoms with van der Waals surface area (Å²) >= 11 is 7.26. The molecule has 8 heteroatoms. The van der Waals surface area contributed by atoms with Crippen LogP contribution in [0.15, 0.2) is 60.3 Å². The Morgan fingerprint density at radius 1 is 1.27 bits per heavy atom. The minimum atomic E-state index is 0.0433. The number of fused-ring (bicyclic) bond motifs is 1. The molecular formula is C22H20ClN3O3S. The van der Waals surface area contributed by atoms with Gasteiger partial charge in [0.1, 0.15) is 18.1 Å². The van der Waals surface area contributed by atoms with Gasteiger partial charge in [0.15, 0.2) is 16.8 Å². The summed E-state index contributed by atoms with van der Waals surface area (Å²) in [6.45, 7) is 5.25. The molecule has 0 radical (unpaired) electrons. The lowest BCUT2D eigenvalue weighted by Gasteiger charge is -2.09. The number of Topliss-reactive ketones (excluding diaryl/α,β-unsaturated/α-hetero) is 1. The highest BCUT2D eigenvalue weighted by Crippen LogP contribution is 2.27. The Morgan fingerprint density at radius 3 is 2.90 bits per heavy atom. The fourth-order valence-corrected chi connectivity index (χ4v) is 4.08. The molecular weight excluding hydrogens is 422 g/mol. The van der Waals surface area contributed by atoms with E-state index in [0.29, 0.717) is 40.5 Å². The summed E-state index contributed by atoms with van der Waals surface area (Å²) in [5.74, 6) is 2.54. The molecule has 0 aliphatic carbocycles. The summed E-state index contributed by atoms with van der Waals surface area (Å²) in [5.41, 5.74) is 1.77. The van der Waals surface area contributed by atoms with E-state index < -0.39 is 0 Å². The summed E-state index contributed by atoms with van der Waals surface area (Å²) < 4.78 is 13.2. The molecule has 0 bridgehead atoms. The zero-order valence-corrected chi connectivity index (χ0v) is 17.8. The van der Waals surface area contributed by atoms with Crippen LogP contribution in [0.1, 0.15) is 21.7 Å². The summed E-state index contributed by atoms with van der Waals surface area (Å²) in [6.07, 6.45) is 2.61. The highest BCUT2D eigenvalue weighted by atomic mass is 35.5. The van der Waals surface area contributed by atoms with Crippen molar-refractivity contribution in [2.45, 2.75) is 24.7 Å². The van der Waals surface area contributed by atoms with Crippen molar-refractivity contribution in [3.8, 4) is 11.5 Å². The van der Waals surface area contributed by atoms with Gasteiger partial charge < -0.3 is 9.47 Å². The van der Waals surface area contributed by atoms with E-state index >= 15 is 0 Å². The average molecular weight is 442 g/mol. The second-order valence-electron chi connectivity index (χ2n) is 6.67. The number of carbonyl (C=O) groups is 1. The molecule has 1 aromatic heterocycles. The van der Waals surface area contributed by atoms with E-state index in [1.165, 1.54) is 11.8 Å². The maximum absolute atomic E-state index is 12.7. The topological polar surface area (TPSA) is 66.2 Å². The average Bonchev–Trinajstić information content (AvgIpc) is 3.38. The van der Waals surface area contributed by atoms with Crippen LogP contribution in [0.2, 0.25) is 5.02 Å².